The summed E-state index contributed by atoms with van der Waals surface area (Å²) in [4.78, 5) is 18.4. The third kappa shape index (κ3) is 3.26. The fraction of sp³-hybridized carbons (Fsp3) is 0.667. The molecular formula is C12H19N3OS. The average molecular weight is 253 g/mol. The van der Waals surface area contributed by atoms with E-state index in [9.17, 15) is 4.79 Å². The summed E-state index contributed by atoms with van der Waals surface area (Å²) in [7, 11) is 1.96. The summed E-state index contributed by atoms with van der Waals surface area (Å²) in [6.07, 6.45) is 2.70. The molecule has 1 saturated heterocycles. The molecule has 1 aliphatic heterocycles. The van der Waals surface area contributed by atoms with Gasteiger partial charge >= 0.3 is 0 Å². The second kappa shape index (κ2) is 5.60. The Balaban J connectivity index is 1.91. The number of carbonyl (C=O) groups excluding carboxylic acids is 1. The number of nitrogens with zero attached hydrogens (tertiary/aromatic N) is 2. The smallest absolute Gasteiger partial charge is 0.228 e. The Morgan fingerprint density at radius 2 is 2.53 bits per heavy atom. The quantitative estimate of drug-likeness (QED) is 0.880. The minimum Gasteiger partial charge on any atom is -0.341 e. The molecule has 1 fully saturated rings. The van der Waals surface area contributed by atoms with Crippen LogP contribution in [-0.2, 0) is 11.2 Å². The number of nitrogens with one attached hydrogen (secondary N) is 1. The van der Waals surface area contributed by atoms with Crippen LogP contribution < -0.4 is 5.32 Å². The number of likely N-dealkylation sites (N-methyl/N-ethyl adjacent to an activating group) is 1. The van der Waals surface area contributed by atoms with Crippen LogP contribution in [0.3, 0.4) is 0 Å². The summed E-state index contributed by atoms with van der Waals surface area (Å²) in [5.74, 6) is 0.204. The molecular weight excluding hydrogens is 234 g/mol. The molecule has 4 nitrogen and oxygen atoms in total. The van der Waals surface area contributed by atoms with Crippen LogP contribution >= 0.6 is 11.3 Å². The molecule has 2 heterocycles. The SMILES string of the molecule is CN[C@H]1CCCN(C(=O)Cc2csc(C)n2)C1. The van der Waals surface area contributed by atoms with Crippen molar-refractivity contribution in [2.45, 2.75) is 32.2 Å². The topological polar surface area (TPSA) is 45.2 Å². The van der Waals surface area contributed by atoms with Gasteiger partial charge in [-0.1, -0.05) is 0 Å². The van der Waals surface area contributed by atoms with E-state index in [1.807, 2.05) is 24.3 Å². The van der Waals surface area contributed by atoms with E-state index in [1.54, 1.807) is 11.3 Å². The predicted octanol–water partition coefficient (Wildman–Crippen LogP) is 1.20. The molecule has 0 aromatic carbocycles. The van der Waals surface area contributed by atoms with Crippen molar-refractivity contribution in [1.29, 1.82) is 0 Å². The molecule has 1 amide bonds. The highest BCUT2D eigenvalue weighted by molar-refractivity contribution is 7.09. The Hall–Kier alpha value is -0.940. The van der Waals surface area contributed by atoms with Gasteiger partial charge in [0.1, 0.15) is 0 Å². The molecule has 0 bridgehead atoms. The predicted molar refractivity (Wildman–Crippen MR) is 69.2 cm³/mol. The first kappa shape index (κ1) is 12.5. The van der Waals surface area contributed by atoms with Crippen molar-refractivity contribution in [3.05, 3.63) is 16.1 Å². The lowest BCUT2D eigenvalue weighted by Crippen LogP contribution is -2.47. The van der Waals surface area contributed by atoms with Crippen molar-refractivity contribution in [2.24, 2.45) is 0 Å². The number of amides is 1. The first-order valence-electron chi connectivity index (χ1n) is 6.05. The molecule has 1 aromatic rings. The standard InChI is InChI=1S/C12H19N3OS/c1-9-14-11(8-17-9)6-12(16)15-5-3-4-10(7-15)13-2/h8,10,13H,3-7H2,1-2H3/t10-/m0/s1. The highest BCUT2D eigenvalue weighted by atomic mass is 32.1. The van der Waals surface area contributed by atoms with Crippen LogP contribution in [-0.4, -0.2) is 42.0 Å². The van der Waals surface area contributed by atoms with Crippen LogP contribution in [0.5, 0.6) is 0 Å². The van der Waals surface area contributed by atoms with Crippen LogP contribution in [0, 0.1) is 6.92 Å². The van der Waals surface area contributed by atoms with Crippen molar-refractivity contribution in [2.75, 3.05) is 20.1 Å². The number of hydrogen-bond donors (Lipinski definition) is 1. The molecule has 1 aliphatic rings. The van der Waals surface area contributed by atoms with E-state index < -0.39 is 0 Å². The molecule has 94 valence electrons. The van der Waals surface area contributed by atoms with Crippen molar-refractivity contribution >= 4 is 17.2 Å². The van der Waals surface area contributed by atoms with Gasteiger partial charge in [0.15, 0.2) is 0 Å². The number of hydrogen-bond acceptors (Lipinski definition) is 4. The molecule has 2 rings (SSSR count). The fourth-order valence-corrected chi connectivity index (χ4v) is 2.81. The summed E-state index contributed by atoms with van der Waals surface area (Å²) in [5, 5.41) is 6.26. The van der Waals surface area contributed by atoms with Gasteiger partial charge in [-0.3, -0.25) is 4.79 Å². The van der Waals surface area contributed by atoms with Gasteiger partial charge in [-0.2, -0.15) is 0 Å². The molecule has 5 heteroatoms. The molecule has 17 heavy (non-hydrogen) atoms. The van der Waals surface area contributed by atoms with Gasteiger partial charge in [0.2, 0.25) is 5.91 Å². The summed E-state index contributed by atoms with van der Waals surface area (Å²) in [6, 6.07) is 0.449. The van der Waals surface area contributed by atoms with Gasteiger partial charge in [-0.25, -0.2) is 4.98 Å². The average Bonchev–Trinajstić information content (AvgIpc) is 2.75. The van der Waals surface area contributed by atoms with Crippen molar-refractivity contribution in [3.63, 3.8) is 0 Å². The second-order valence-corrected chi connectivity index (χ2v) is 5.56. The Morgan fingerprint density at radius 3 is 3.18 bits per heavy atom. The van der Waals surface area contributed by atoms with E-state index >= 15 is 0 Å². The highest BCUT2D eigenvalue weighted by Crippen LogP contribution is 2.13. The van der Waals surface area contributed by atoms with Crippen molar-refractivity contribution in [3.8, 4) is 0 Å². The molecule has 0 aliphatic carbocycles. The number of rotatable bonds is 3. The molecule has 0 spiro atoms. The van der Waals surface area contributed by atoms with Crippen LogP contribution in [0.2, 0.25) is 0 Å². The number of aryl methyl sites for hydroxylation is 1. The molecule has 1 N–H and O–H groups in total. The molecule has 1 aromatic heterocycles. The van der Waals surface area contributed by atoms with Crippen LogP contribution in [0.25, 0.3) is 0 Å². The lowest BCUT2D eigenvalue weighted by molar-refractivity contribution is -0.131. The van der Waals surface area contributed by atoms with E-state index in [-0.39, 0.29) is 5.91 Å². The summed E-state index contributed by atoms with van der Waals surface area (Å²) < 4.78 is 0. The largest absolute Gasteiger partial charge is 0.341 e. The van der Waals surface area contributed by atoms with E-state index in [4.69, 9.17) is 0 Å². The third-order valence-electron chi connectivity index (χ3n) is 3.18. The maximum atomic E-state index is 12.1. The van der Waals surface area contributed by atoms with Crippen LogP contribution in [0.1, 0.15) is 23.5 Å². The Kier molecular flexibility index (Phi) is 4.12. The Morgan fingerprint density at radius 1 is 1.71 bits per heavy atom. The van der Waals surface area contributed by atoms with Gasteiger partial charge in [-0.05, 0) is 26.8 Å². The second-order valence-electron chi connectivity index (χ2n) is 4.50. The number of carbonyl (C=O) groups is 1. The van der Waals surface area contributed by atoms with E-state index in [0.29, 0.717) is 12.5 Å². The first-order valence-corrected chi connectivity index (χ1v) is 6.93. The minimum atomic E-state index is 0.204. The lowest BCUT2D eigenvalue weighted by Gasteiger charge is -2.32. The number of aromatic nitrogens is 1. The van der Waals surface area contributed by atoms with Crippen LogP contribution in [0.15, 0.2) is 5.38 Å². The van der Waals surface area contributed by atoms with Gasteiger partial charge in [0, 0.05) is 24.5 Å². The van der Waals surface area contributed by atoms with E-state index in [1.165, 1.54) is 0 Å². The molecule has 0 radical (unpaired) electrons. The van der Waals surface area contributed by atoms with Gasteiger partial charge in [-0.15, -0.1) is 11.3 Å². The summed E-state index contributed by atoms with van der Waals surface area (Å²) in [6.45, 7) is 3.69. The normalized spacial score (nSPS) is 20.6. The molecule has 1 atom stereocenters. The summed E-state index contributed by atoms with van der Waals surface area (Å²) >= 11 is 1.60. The van der Waals surface area contributed by atoms with Gasteiger partial charge in [0.05, 0.1) is 17.1 Å². The molecule has 0 saturated carbocycles. The number of likely N-dealkylation sites (tertiary alicyclic amines) is 1. The van der Waals surface area contributed by atoms with E-state index in [2.05, 4.69) is 10.3 Å². The maximum Gasteiger partial charge on any atom is 0.228 e. The number of piperidine rings is 1. The Labute approximate surface area is 106 Å². The third-order valence-corrected chi connectivity index (χ3v) is 4.00. The zero-order valence-electron chi connectivity index (χ0n) is 10.4. The summed E-state index contributed by atoms with van der Waals surface area (Å²) in [5.41, 5.74) is 0.907. The van der Waals surface area contributed by atoms with Crippen LogP contribution in [0.4, 0.5) is 0 Å². The lowest BCUT2D eigenvalue weighted by atomic mass is 10.1. The zero-order valence-corrected chi connectivity index (χ0v) is 11.2. The highest BCUT2D eigenvalue weighted by Gasteiger charge is 2.22. The zero-order chi connectivity index (χ0) is 12.3. The number of thiazole rings is 1. The van der Waals surface area contributed by atoms with E-state index in [0.717, 1.165) is 36.6 Å². The molecule has 0 unspecified atom stereocenters. The van der Waals surface area contributed by atoms with Gasteiger partial charge < -0.3 is 10.2 Å². The van der Waals surface area contributed by atoms with Crippen molar-refractivity contribution in [1.82, 2.24) is 15.2 Å². The Bertz CT molecular complexity index is 391. The van der Waals surface area contributed by atoms with Crippen molar-refractivity contribution < 1.29 is 4.79 Å². The fourth-order valence-electron chi connectivity index (χ4n) is 2.20. The monoisotopic (exact) mass is 253 g/mol. The maximum absolute atomic E-state index is 12.1. The first-order chi connectivity index (χ1) is 8.19. The van der Waals surface area contributed by atoms with Gasteiger partial charge in [0.25, 0.3) is 0 Å². The minimum absolute atomic E-state index is 0.204.